The molecule has 5 heteroatoms. The van der Waals surface area contributed by atoms with Crippen molar-refractivity contribution in [3.63, 3.8) is 0 Å². The van der Waals surface area contributed by atoms with Gasteiger partial charge in [-0.05, 0) is 71.1 Å². The number of nitrogens with zero attached hydrogens (tertiary/aromatic N) is 1. The highest BCUT2D eigenvalue weighted by molar-refractivity contribution is 5.70. The molecule has 2 unspecified atom stereocenters. The fraction of sp³-hybridized carbons (Fsp3) is 0.571. The van der Waals surface area contributed by atoms with Crippen molar-refractivity contribution in [1.82, 2.24) is 4.90 Å². The highest BCUT2D eigenvalue weighted by atomic mass is 19.1. The zero-order valence-electron chi connectivity index (χ0n) is 16.0. The van der Waals surface area contributed by atoms with Gasteiger partial charge in [0, 0.05) is 11.6 Å². The molecule has 0 N–H and O–H groups in total. The third-order valence-corrected chi connectivity index (χ3v) is 4.98. The number of carbonyl (C=O) groups excluding carboxylic acids is 1. The molecule has 1 aromatic carbocycles. The van der Waals surface area contributed by atoms with E-state index in [4.69, 9.17) is 9.47 Å². The summed E-state index contributed by atoms with van der Waals surface area (Å²) in [4.78, 5) is 14.5. The smallest absolute Gasteiger partial charge is 0.411 e. The molecular formula is C21H28FNO3. The summed E-state index contributed by atoms with van der Waals surface area (Å²) in [5.41, 5.74) is 1.59. The van der Waals surface area contributed by atoms with Crippen LogP contribution in [-0.4, -0.2) is 35.8 Å². The van der Waals surface area contributed by atoms with Gasteiger partial charge >= 0.3 is 6.09 Å². The van der Waals surface area contributed by atoms with Crippen molar-refractivity contribution in [2.24, 2.45) is 0 Å². The molecule has 142 valence electrons. The van der Waals surface area contributed by atoms with Crippen molar-refractivity contribution in [3.05, 3.63) is 41.2 Å². The second kappa shape index (κ2) is 7.29. The largest absolute Gasteiger partial charge is 0.496 e. The maximum atomic E-state index is 13.6. The van der Waals surface area contributed by atoms with Crippen molar-refractivity contribution in [1.29, 1.82) is 0 Å². The van der Waals surface area contributed by atoms with E-state index in [0.29, 0.717) is 12.2 Å². The van der Waals surface area contributed by atoms with Crippen molar-refractivity contribution >= 4 is 6.09 Å². The molecule has 0 radical (unpaired) electrons. The lowest BCUT2D eigenvalue weighted by molar-refractivity contribution is -0.00150. The molecule has 2 heterocycles. The van der Waals surface area contributed by atoms with Crippen LogP contribution >= 0.6 is 0 Å². The van der Waals surface area contributed by atoms with E-state index in [1.165, 1.54) is 17.7 Å². The first-order valence-electron chi connectivity index (χ1n) is 9.30. The quantitative estimate of drug-likeness (QED) is 0.721. The monoisotopic (exact) mass is 361 g/mol. The van der Waals surface area contributed by atoms with Gasteiger partial charge in [-0.1, -0.05) is 11.6 Å². The number of benzene rings is 1. The summed E-state index contributed by atoms with van der Waals surface area (Å²) in [5.74, 6) is 0.444. The van der Waals surface area contributed by atoms with Crippen LogP contribution < -0.4 is 4.74 Å². The average molecular weight is 361 g/mol. The zero-order chi connectivity index (χ0) is 18.9. The number of fused-ring (bicyclic) bond motifs is 2. The van der Waals surface area contributed by atoms with Crippen LogP contribution in [0.3, 0.4) is 0 Å². The SMILES string of the molecule is COc1ccc(F)cc1CC1=CC2CCCC(C1)N2C(=O)OC(C)(C)C. The number of halogens is 1. The Balaban J connectivity index is 1.80. The summed E-state index contributed by atoms with van der Waals surface area (Å²) < 4.78 is 24.6. The number of hydrogen-bond acceptors (Lipinski definition) is 3. The van der Waals surface area contributed by atoms with Crippen molar-refractivity contribution < 1.29 is 18.7 Å². The Labute approximate surface area is 155 Å². The van der Waals surface area contributed by atoms with Crippen LogP contribution in [0.25, 0.3) is 0 Å². The third kappa shape index (κ3) is 4.19. The highest BCUT2D eigenvalue weighted by Gasteiger charge is 2.39. The molecule has 3 rings (SSSR count). The summed E-state index contributed by atoms with van der Waals surface area (Å²) in [6.45, 7) is 5.67. The lowest BCUT2D eigenvalue weighted by Gasteiger charge is -2.45. The number of methoxy groups -OCH3 is 1. The Bertz CT molecular complexity index is 708. The molecule has 2 bridgehead atoms. The predicted octanol–water partition coefficient (Wildman–Crippen LogP) is 4.87. The van der Waals surface area contributed by atoms with E-state index in [-0.39, 0.29) is 24.0 Å². The van der Waals surface area contributed by atoms with Crippen LogP contribution in [0, 0.1) is 5.82 Å². The minimum Gasteiger partial charge on any atom is -0.496 e. The topological polar surface area (TPSA) is 38.8 Å². The van der Waals surface area contributed by atoms with Gasteiger partial charge in [0.1, 0.15) is 17.2 Å². The number of rotatable bonds is 3. The van der Waals surface area contributed by atoms with Crippen LogP contribution in [0.1, 0.15) is 52.0 Å². The molecule has 4 nitrogen and oxygen atoms in total. The molecule has 2 aliphatic heterocycles. The molecule has 1 fully saturated rings. The van der Waals surface area contributed by atoms with Gasteiger partial charge < -0.3 is 9.47 Å². The number of carbonyl (C=O) groups is 1. The molecule has 0 spiro atoms. The Kier molecular flexibility index (Phi) is 5.26. The van der Waals surface area contributed by atoms with Gasteiger partial charge in [0.15, 0.2) is 0 Å². The summed E-state index contributed by atoms with van der Waals surface area (Å²) in [5, 5.41) is 0. The Morgan fingerprint density at radius 2 is 2.08 bits per heavy atom. The number of piperidine rings is 1. The average Bonchev–Trinajstić information content (AvgIpc) is 2.52. The van der Waals surface area contributed by atoms with Crippen LogP contribution in [0.4, 0.5) is 9.18 Å². The third-order valence-electron chi connectivity index (χ3n) is 4.98. The van der Waals surface area contributed by atoms with Crippen molar-refractivity contribution in [2.75, 3.05) is 7.11 Å². The van der Waals surface area contributed by atoms with Crippen LogP contribution in [0.5, 0.6) is 5.75 Å². The van der Waals surface area contributed by atoms with Gasteiger partial charge in [-0.15, -0.1) is 0 Å². The van der Waals surface area contributed by atoms with E-state index >= 15 is 0 Å². The molecular weight excluding hydrogens is 333 g/mol. The van der Waals surface area contributed by atoms with Crippen LogP contribution in [0.15, 0.2) is 29.8 Å². The standard InChI is InChI=1S/C21H28FNO3/c1-21(2,3)26-20(24)23-17-6-5-7-18(23)12-14(11-17)10-15-13-16(22)8-9-19(15)25-4/h8-9,11,13,17-18H,5-7,10,12H2,1-4H3. The van der Waals surface area contributed by atoms with E-state index in [2.05, 4.69) is 6.08 Å². The normalized spacial score (nSPS) is 22.7. The lowest BCUT2D eigenvalue weighted by Crippen LogP contribution is -2.53. The van der Waals surface area contributed by atoms with Crippen molar-refractivity contribution in [3.8, 4) is 5.75 Å². The second-order valence-electron chi connectivity index (χ2n) is 8.20. The summed E-state index contributed by atoms with van der Waals surface area (Å²) >= 11 is 0. The van der Waals surface area contributed by atoms with Crippen LogP contribution in [-0.2, 0) is 11.2 Å². The van der Waals surface area contributed by atoms with E-state index in [1.807, 2.05) is 25.7 Å². The van der Waals surface area contributed by atoms with Gasteiger partial charge in [-0.3, -0.25) is 4.90 Å². The molecule has 0 aromatic heterocycles. The zero-order valence-corrected chi connectivity index (χ0v) is 16.0. The first-order valence-corrected chi connectivity index (χ1v) is 9.30. The fourth-order valence-electron chi connectivity index (χ4n) is 3.98. The summed E-state index contributed by atoms with van der Waals surface area (Å²) in [6.07, 6.45) is 6.43. The fourth-order valence-corrected chi connectivity index (χ4v) is 3.98. The number of amides is 1. The molecule has 1 saturated heterocycles. The molecule has 1 aromatic rings. The molecule has 1 amide bonds. The first kappa shape index (κ1) is 18.7. The van der Waals surface area contributed by atoms with Gasteiger partial charge in [0.25, 0.3) is 0 Å². The molecule has 0 saturated carbocycles. The first-order chi connectivity index (χ1) is 12.3. The van der Waals surface area contributed by atoms with E-state index in [0.717, 1.165) is 31.2 Å². The summed E-state index contributed by atoms with van der Waals surface area (Å²) in [6, 6.07) is 4.84. The molecule has 2 aliphatic rings. The minimum atomic E-state index is -0.496. The highest BCUT2D eigenvalue weighted by Crippen LogP contribution is 2.36. The maximum Gasteiger partial charge on any atom is 0.411 e. The van der Waals surface area contributed by atoms with Gasteiger partial charge in [0.05, 0.1) is 13.2 Å². The molecule has 2 atom stereocenters. The summed E-state index contributed by atoms with van der Waals surface area (Å²) in [7, 11) is 1.60. The number of hydrogen-bond donors (Lipinski definition) is 0. The predicted molar refractivity (Wildman–Crippen MR) is 98.9 cm³/mol. The van der Waals surface area contributed by atoms with E-state index in [1.54, 1.807) is 13.2 Å². The van der Waals surface area contributed by atoms with Crippen molar-refractivity contribution in [2.45, 2.75) is 70.6 Å². The minimum absolute atomic E-state index is 0.0619. The number of ether oxygens (including phenoxy) is 2. The lowest BCUT2D eigenvalue weighted by atomic mass is 9.83. The Morgan fingerprint density at radius 3 is 2.73 bits per heavy atom. The Hall–Kier alpha value is -2.04. The second-order valence-corrected chi connectivity index (χ2v) is 8.20. The van der Waals surface area contributed by atoms with Crippen LogP contribution in [0.2, 0.25) is 0 Å². The van der Waals surface area contributed by atoms with E-state index in [9.17, 15) is 9.18 Å². The molecule has 26 heavy (non-hydrogen) atoms. The Morgan fingerprint density at radius 1 is 1.31 bits per heavy atom. The molecule has 0 aliphatic carbocycles. The van der Waals surface area contributed by atoms with Gasteiger partial charge in [-0.2, -0.15) is 0 Å². The maximum absolute atomic E-state index is 13.6. The van der Waals surface area contributed by atoms with Gasteiger partial charge in [-0.25, -0.2) is 9.18 Å². The van der Waals surface area contributed by atoms with E-state index < -0.39 is 5.60 Å². The van der Waals surface area contributed by atoms with Gasteiger partial charge in [0.2, 0.25) is 0 Å².